The monoisotopic (exact) mass is 508 g/mol. The number of allylic oxidation sites excluding steroid dienone is 1. The minimum atomic E-state index is -0.135. The van der Waals surface area contributed by atoms with Gasteiger partial charge in [-0.15, -0.1) is 16.8 Å². The number of hydrogen-bond acceptors (Lipinski definition) is 6. The van der Waals surface area contributed by atoms with Gasteiger partial charge in [-0.3, -0.25) is 4.79 Å². The van der Waals surface area contributed by atoms with Gasteiger partial charge in [0, 0.05) is 13.0 Å². The molecule has 2 aromatic carbocycles. The SMILES string of the molecule is C=CCn1c(CCCOc2ccc(C(C)(C)C)cc2)nnc1SCC(=O)Nc1cc(C)ccc1OC. The summed E-state index contributed by atoms with van der Waals surface area (Å²) in [6.45, 7) is 13.6. The minimum absolute atomic E-state index is 0.123. The van der Waals surface area contributed by atoms with E-state index in [0.29, 0.717) is 36.2 Å². The number of anilines is 1. The summed E-state index contributed by atoms with van der Waals surface area (Å²) in [5.41, 5.74) is 3.10. The van der Waals surface area contributed by atoms with Crippen LogP contribution in [0, 0.1) is 6.92 Å². The number of ether oxygens (including phenoxy) is 2. The fourth-order valence-electron chi connectivity index (χ4n) is 3.63. The summed E-state index contributed by atoms with van der Waals surface area (Å²) in [4.78, 5) is 12.6. The molecule has 1 amide bonds. The zero-order valence-electron chi connectivity index (χ0n) is 21.8. The molecule has 8 heteroatoms. The van der Waals surface area contributed by atoms with Gasteiger partial charge in [0.1, 0.15) is 17.3 Å². The molecular weight excluding hydrogens is 472 g/mol. The molecule has 0 unspecified atom stereocenters. The number of aryl methyl sites for hydroxylation is 2. The van der Waals surface area contributed by atoms with Crippen LogP contribution in [0.3, 0.4) is 0 Å². The van der Waals surface area contributed by atoms with Gasteiger partial charge in [0.05, 0.1) is 25.2 Å². The number of rotatable bonds is 12. The van der Waals surface area contributed by atoms with Crippen LogP contribution in [0.1, 0.15) is 44.1 Å². The van der Waals surface area contributed by atoms with Gasteiger partial charge < -0.3 is 19.4 Å². The predicted octanol–water partition coefficient (Wildman–Crippen LogP) is 5.82. The lowest BCUT2D eigenvalue weighted by molar-refractivity contribution is -0.113. The van der Waals surface area contributed by atoms with Crippen molar-refractivity contribution in [3.8, 4) is 11.5 Å². The molecular formula is C28H36N4O3S. The lowest BCUT2D eigenvalue weighted by Gasteiger charge is -2.19. The number of carbonyl (C=O) groups excluding carboxylic acids is 1. The molecule has 7 nitrogen and oxygen atoms in total. The third-order valence-electron chi connectivity index (χ3n) is 5.60. The molecule has 0 aliphatic rings. The zero-order chi connectivity index (χ0) is 26.1. The van der Waals surface area contributed by atoms with E-state index in [2.05, 4.69) is 55.0 Å². The number of nitrogens with zero attached hydrogens (tertiary/aromatic N) is 3. The first-order chi connectivity index (χ1) is 17.2. The van der Waals surface area contributed by atoms with Crippen LogP contribution in [0.4, 0.5) is 5.69 Å². The van der Waals surface area contributed by atoms with E-state index in [-0.39, 0.29) is 17.1 Å². The molecule has 0 radical (unpaired) electrons. The summed E-state index contributed by atoms with van der Waals surface area (Å²) >= 11 is 1.35. The molecule has 36 heavy (non-hydrogen) atoms. The fraction of sp³-hybridized carbons (Fsp3) is 0.393. The van der Waals surface area contributed by atoms with Crippen molar-refractivity contribution in [3.05, 3.63) is 72.1 Å². The Kier molecular flexibility index (Phi) is 9.58. The van der Waals surface area contributed by atoms with Gasteiger partial charge in [-0.25, -0.2) is 0 Å². The first-order valence-electron chi connectivity index (χ1n) is 12.0. The first-order valence-corrected chi connectivity index (χ1v) is 13.0. The molecule has 0 fully saturated rings. The highest BCUT2D eigenvalue weighted by Crippen LogP contribution is 2.26. The highest BCUT2D eigenvalue weighted by Gasteiger charge is 2.15. The fourth-order valence-corrected chi connectivity index (χ4v) is 4.40. The Balaban J connectivity index is 1.52. The zero-order valence-corrected chi connectivity index (χ0v) is 22.7. The third-order valence-corrected chi connectivity index (χ3v) is 6.57. The van der Waals surface area contributed by atoms with E-state index in [4.69, 9.17) is 9.47 Å². The molecule has 0 saturated carbocycles. The molecule has 0 atom stereocenters. The van der Waals surface area contributed by atoms with Crippen molar-refractivity contribution in [1.29, 1.82) is 0 Å². The molecule has 0 saturated heterocycles. The Morgan fingerprint density at radius 3 is 2.58 bits per heavy atom. The topological polar surface area (TPSA) is 78.3 Å². The Labute approximate surface area is 218 Å². The molecule has 0 aliphatic carbocycles. The lowest BCUT2D eigenvalue weighted by Crippen LogP contribution is -2.15. The number of carbonyl (C=O) groups is 1. The van der Waals surface area contributed by atoms with Crippen molar-refractivity contribution in [1.82, 2.24) is 14.8 Å². The van der Waals surface area contributed by atoms with E-state index in [1.54, 1.807) is 7.11 Å². The summed E-state index contributed by atoms with van der Waals surface area (Å²) in [6, 6.07) is 13.9. The number of amides is 1. The Hall–Kier alpha value is -3.26. The molecule has 0 spiro atoms. The van der Waals surface area contributed by atoms with Crippen molar-refractivity contribution >= 4 is 23.4 Å². The molecule has 0 bridgehead atoms. The Morgan fingerprint density at radius 1 is 1.17 bits per heavy atom. The van der Waals surface area contributed by atoms with Gasteiger partial charge >= 0.3 is 0 Å². The van der Waals surface area contributed by atoms with Gasteiger partial charge in [0.2, 0.25) is 5.91 Å². The molecule has 1 aromatic heterocycles. The van der Waals surface area contributed by atoms with E-state index in [1.807, 2.05) is 47.9 Å². The van der Waals surface area contributed by atoms with E-state index < -0.39 is 0 Å². The number of aromatic nitrogens is 3. The van der Waals surface area contributed by atoms with Gasteiger partial charge in [0.15, 0.2) is 5.16 Å². The van der Waals surface area contributed by atoms with Gasteiger partial charge in [0.25, 0.3) is 0 Å². The molecule has 0 aliphatic heterocycles. The Morgan fingerprint density at radius 2 is 1.92 bits per heavy atom. The maximum Gasteiger partial charge on any atom is 0.234 e. The molecule has 1 heterocycles. The lowest BCUT2D eigenvalue weighted by atomic mass is 9.87. The molecule has 3 rings (SSSR count). The van der Waals surface area contributed by atoms with Gasteiger partial charge in [-0.2, -0.15) is 0 Å². The Bertz CT molecular complexity index is 1170. The average Bonchev–Trinajstić information content (AvgIpc) is 3.22. The predicted molar refractivity (Wildman–Crippen MR) is 146 cm³/mol. The number of methoxy groups -OCH3 is 1. The van der Waals surface area contributed by atoms with Gasteiger partial charge in [-0.1, -0.05) is 56.8 Å². The largest absolute Gasteiger partial charge is 0.495 e. The van der Waals surface area contributed by atoms with Crippen LogP contribution in [0.15, 0.2) is 60.3 Å². The highest BCUT2D eigenvalue weighted by molar-refractivity contribution is 7.99. The van der Waals surface area contributed by atoms with Crippen molar-refractivity contribution < 1.29 is 14.3 Å². The normalized spacial score (nSPS) is 11.2. The van der Waals surface area contributed by atoms with Crippen LogP contribution in [-0.4, -0.2) is 40.1 Å². The third kappa shape index (κ3) is 7.62. The maximum absolute atomic E-state index is 12.6. The van der Waals surface area contributed by atoms with Crippen LogP contribution in [0.25, 0.3) is 0 Å². The smallest absolute Gasteiger partial charge is 0.234 e. The van der Waals surface area contributed by atoms with E-state index in [1.165, 1.54) is 17.3 Å². The average molecular weight is 509 g/mol. The highest BCUT2D eigenvalue weighted by atomic mass is 32.2. The number of hydrogen-bond donors (Lipinski definition) is 1. The second kappa shape index (κ2) is 12.6. The van der Waals surface area contributed by atoms with Crippen molar-refractivity contribution in [2.45, 2.75) is 57.7 Å². The number of thioether (sulfide) groups is 1. The van der Waals surface area contributed by atoms with Crippen LogP contribution in [0.5, 0.6) is 11.5 Å². The minimum Gasteiger partial charge on any atom is -0.495 e. The van der Waals surface area contributed by atoms with Crippen LogP contribution >= 0.6 is 11.8 Å². The quantitative estimate of drug-likeness (QED) is 0.189. The van der Waals surface area contributed by atoms with Crippen LogP contribution < -0.4 is 14.8 Å². The first kappa shape index (κ1) is 27.3. The van der Waals surface area contributed by atoms with Crippen LogP contribution in [0.2, 0.25) is 0 Å². The number of benzene rings is 2. The summed E-state index contributed by atoms with van der Waals surface area (Å²) in [6.07, 6.45) is 3.32. The van der Waals surface area contributed by atoms with Crippen molar-refractivity contribution in [3.63, 3.8) is 0 Å². The van der Waals surface area contributed by atoms with E-state index in [0.717, 1.165) is 23.6 Å². The van der Waals surface area contributed by atoms with Crippen LogP contribution in [-0.2, 0) is 23.2 Å². The molecule has 192 valence electrons. The molecule has 1 N–H and O–H groups in total. The second-order valence-corrected chi connectivity index (χ2v) is 10.5. The van der Waals surface area contributed by atoms with Crippen molar-refractivity contribution in [2.75, 3.05) is 24.8 Å². The summed E-state index contributed by atoms with van der Waals surface area (Å²) in [5.74, 6) is 2.42. The second-order valence-electron chi connectivity index (χ2n) is 9.57. The molecule has 3 aromatic rings. The standard InChI is InChI=1S/C28H36N4O3S/c1-7-16-32-25(9-8-17-35-22-13-11-21(12-14-22)28(3,4)5)30-31-27(32)36-19-26(33)29-23-18-20(2)10-15-24(23)34-6/h7,10-15,18H,1,8-9,16-17,19H2,2-6H3,(H,29,33). The van der Waals surface area contributed by atoms with Gasteiger partial charge in [-0.05, 0) is 54.2 Å². The van der Waals surface area contributed by atoms with Crippen molar-refractivity contribution in [2.24, 2.45) is 0 Å². The summed E-state index contributed by atoms with van der Waals surface area (Å²) in [7, 11) is 1.59. The van der Waals surface area contributed by atoms with E-state index >= 15 is 0 Å². The summed E-state index contributed by atoms with van der Waals surface area (Å²) in [5, 5.41) is 12.3. The number of nitrogens with one attached hydrogen (secondary N) is 1. The summed E-state index contributed by atoms with van der Waals surface area (Å²) < 4.78 is 13.3. The maximum atomic E-state index is 12.6. The van der Waals surface area contributed by atoms with E-state index in [9.17, 15) is 4.79 Å².